The van der Waals surface area contributed by atoms with Gasteiger partial charge in [-0.1, -0.05) is 24.3 Å². The van der Waals surface area contributed by atoms with E-state index in [1.54, 1.807) is 0 Å². The van der Waals surface area contributed by atoms with E-state index in [4.69, 9.17) is 0 Å². The van der Waals surface area contributed by atoms with Crippen LogP contribution in [0.5, 0.6) is 0 Å². The van der Waals surface area contributed by atoms with Gasteiger partial charge in [-0.15, -0.1) is 0 Å². The Balaban J connectivity index is 1.70. The predicted molar refractivity (Wildman–Crippen MR) is 98.6 cm³/mol. The molecule has 24 heavy (non-hydrogen) atoms. The van der Waals surface area contributed by atoms with Crippen molar-refractivity contribution in [3.63, 3.8) is 0 Å². The van der Waals surface area contributed by atoms with E-state index in [0.29, 0.717) is 11.5 Å². The van der Waals surface area contributed by atoms with E-state index in [0.717, 1.165) is 15.7 Å². The van der Waals surface area contributed by atoms with Crippen LogP contribution in [0.3, 0.4) is 0 Å². The van der Waals surface area contributed by atoms with Gasteiger partial charge in [-0.05, 0) is 52.7 Å². The van der Waals surface area contributed by atoms with E-state index < -0.39 is 0 Å². The molecule has 3 aromatic rings. The summed E-state index contributed by atoms with van der Waals surface area (Å²) < 4.78 is 0.809. The number of nitrogens with one attached hydrogen (secondary N) is 2. The molecule has 1 heterocycles. The Kier molecular flexibility index (Phi) is 4.86. The third kappa shape index (κ3) is 3.97. The Morgan fingerprint density at radius 3 is 2.58 bits per heavy atom. The number of hydrogen-bond donors (Lipinski definition) is 2. The van der Waals surface area contributed by atoms with Crippen molar-refractivity contribution in [2.24, 2.45) is 0 Å². The maximum absolute atomic E-state index is 12.2. The largest absolute Gasteiger partial charge is 0.339 e. The van der Waals surface area contributed by atoms with E-state index in [9.17, 15) is 4.79 Å². The Morgan fingerprint density at radius 1 is 1.04 bits per heavy atom. The van der Waals surface area contributed by atoms with Crippen molar-refractivity contribution in [1.29, 1.82) is 0 Å². The molecule has 0 radical (unpaired) electrons. The van der Waals surface area contributed by atoms with Gasteiger partial charge in [0.1, 0.15) is 11.5 Å². The molecular formula is C18H15BrN4O. The highest BCUT2D eigenvalue weighted by molar-refractivity contribution is 9.10. The lowest BCUT2D eigenvalue weighted by Gasteiger charge is -2.08. The third-order valence-electron chi connectivity index (χ3n) is 3.30. The van der Waals surface area contributed by atoms with Gasteiger partial charge in [0.25, 0.3) is 5.91 Å². The van der Waals surface area contributed by atoms with Crippen LogP contribution in [-0.4, -0.2) is 15.9 Å². The molecule has 3 rings (SSSR count). The van der Waals surface area contributed by atoms with Gasteiger partial charge in [0.05, 0.1) is 18.1 Å². The van der Waals surface area contributed by atoms with Gasteiger partial charge in [0.2, 0.25) is 0 Å². The van der Waals surface area contributed by atoms with Crippen LogP contribution in [0.15, 0.2) is 65.4 Å². The Bertz CT molecular complexity index is 865. The number of rotatable bonds is 4. The van der Waals surface area contributed by atoms with E-state index in [-0.39, 0.29) is 11.6 Å². The zero-order chi connectivity index (χ0) is 16.9. The highest BCUT2D eigenvalue weighted by atomic mass is 79.9. The number of para-hydroxylation sites is 1. The number of benzene rings is 2. The number of carbonyl (C=O) groups is 1. The van der Waals surface area contributed by atoms with Crippen LogP contribution < -0.4 is 10.6 Å². The number of halogens is 1. The first-order valence-electron chi connectivity index (χ1n) is 7.33. The molecule has 0 aliphatic heterocycles. The van der Waals surface area contributed by atoms with Crippen molar-refractivity contribution in [3.8, 4) is 0 Å². The smallest absolute Gasteiger partial charge is 0.275 e. The van der Waals surface area contributed by atoms with Gasteiger partial charge < -0.3 is 10.6 Å². The lowest BCUT2D eigenvalue weighted by molar-refractivity contribution is 0.102. The topological polar surface area (TPSA) is 66.9 Å². The molecule has 1 amide bonds. The average molecular weight is 383 g/mol. The highest BCUT2D eigenvalue weighted by Gasteiger charge is 2.10. The summed E-state index contributed by atoms with van der Waals surface area (Å²) in [4.78, 5) is 20.6. The van der Waals surface area contributed by atoms with Crippen LogP contribution in [-0.2, 0) is 0 Å². The van der Waals surface area contributed by atoms with Gasteiger partial charge in [-0.25, -0.2) is 9.97 Å². The molecule has 0 spiro atoms. The molecule has 0 unspecified atom stereocenters. The van der Waals surface area contributed by atoms with Crippen LogP contribution in [0.25, 0.3) is 0 Å². The zero-order valence-electron chi connectivity index (χ0n) is 13.0. The fourth-order valence-corrected chi connectivity index (χ4v) is 2.51. The number of carbonyl (C=O) groups excluding carboxylic acids is 1. The molecule has 2 aromatic carbocycles. The van der Waals surface area contributed by atoms with Crippen LogP contribution in [0.1, 0.15) is 16.1 Å². The Morgan fingerprint density at radius 2 is 1.88 bits per heavy atom. The fraction of sp³-hybridized carbons (Fsp3) is 0.0556. The molecule has 120 valence electrons. The number of nitrogens with zero attached hydrogens (tertiary/aromatic N) is 2. The quantitative estimate of drug-likeness (QED) is 0.694. The highest BCUT2D eigenvalue weighted by Crippen LogP contribution is 2.21. The van der Waals surface area contributed by atoms with Gasteiger partial charge in [0, 0.05) is 10.2 Å². The molecule has 1 aromatic heterocycles. The van der Waals surface area contributed by atoms with Crippen molar-refractivity contribution in [3.05, 3.63) is 76.7 Å². The number of anilines is 3. The molecule has 0 fully saturated rings. The molecule has 0 bridgehead atoms. The summed E-state index contributed by atoms with van der Waals surface area (Å²) >= 11 is 3.39. The molecule has 0 saturated carbocycles. The fourth-order valence-electron chi connectivity index (χ4n) is 2.13. The Labute approximate surface area is 148 Å². The normalized spacial score (nSPS) is 10.2. The average Bonchev–Trinajstić information content (AvgIpc) is 2.57. The molecule has 0 aliphatic carbocycles. The molecule has 0 aliphatic rings. The number of hydrogen-bond acceptors (Lipinski definition) is 4. The number of amides is 1. The lowest BCUT2D eigenvalue weighted by atomic mass is 10.2. The SMILES string of the molecule is Cc1cccc(Nc2cnc(C(=O)Nc3ccccc3Br)cn2)c1. The number of aryl methyl sites for hydroxylation is 1. The molecule has 6 heteroatoms. The molecule has 0 atom stereocenters. The zero-order valence-corrected chi connectivity index (χ0v) is 14.5. The monoisotopic (exact) mass is 382 g/mol. The second-order valence-corrected chi connectivity index (χ2v) is 6.07. The maximum Gasteiger partial charge on any atom is 0.275 e. The molecule has 5 nitrogen and oxygen atoms in total. The standard InChI is InChI=1S/C18H15BrN4O/c1-12-5-4-6-13(9-12)22-17-11-20-16(10-21-17)18(24)23-15-8-3-2-7-14(15)19/h2-11H,1H3,(H,21,22)(H,23,24). The summed E-state index contributed by atoms with van der Waals surface area (Å²) in [6, 6.07) is 15.3. The summed E-state index contributed by atoms with van der Waals surface area (Å²) in [5.74, 6) is 0.273. The predicted octanol–water partition coefficient (Wildman–Crippen LogP) is 4.54. The van der Waals surface area contributed by atoms with Crippen molar-refractivity contribution < 1.29 is 4.79 Å². The summed E-state index contributed by atoms with van der Waals surface area (Å²) in [5, 5.41) is 5.95. The lowest BCUT2D eigenvalue weighted by Crippen LogP contribution is -2.14. The summed E-state index contributed by atoms with van der Waals surface area (Å²) in [6.45, 7) is 2.02. The Hall–Kier alpha value is -2.73. The van der Waals surface area contributed by atoms with Crippen LogP contribution >= 0.6 is 15.9 Å². The minimum atomic E-state index is -0.309. The second-order valence-electron chi connectivity index (χ2n) is 5.22. The number of aromatic nitrogens is 2. The minimum Gasteiger partial charge on any atom is -0.339 e. The van der Waals surface area contributed by atoms with Crippen LogP contribution in [0.4, 0.5) is 17.2 Å². The van der Waals surface area contributed by atoms with E-state index in [2.05, 4.69) is 36.5 Å². The first-order valence-corrected chi connectivity index (χ1v) is 8.13. The van der Waals surface area contributed by atoms with Gasteiger partial charge in [-0.3, -0.25) is 4.79 Å². The third-order valence-corrected chi connectivity index (χ3v) is 3.99. The molecular weight excluding hydrogens is 368 g/mol. The van der Waals surface area contributed by atoms with Crippen molar-refractivity contribution in [1.82, 2.24) is 9.97 Å². The molecule has 0 saturated heterocycles. The first-order chi connectivity index (χ1) is 11.6. The summed E-state index contributed by atoms with van der Waals surface area (Å²) in [6.07, 6.45) is 2.99. The van der Waals surface area contributed by atoms with Crippen molar-refractivity contribution in [2.45, 2.75) is 6.92 Å². The summed E-state index contributed by atoms with van der Waals surface area (Å²) in [5.41, 5.74) is 3.01. The molecule has 2 N–H and O–H groups in total. The van der Waals surface area contributed by atoms with E-state index >= 15 is 0 Å². The van der Waals surface area contributed by atoms with E-state index in [1.807, 2.05) is 55.5 Å². The van der Waals surface area contributed by atoms with Gasteiger partial charge in [0.15, 0.2) is 0 Å². The minimum absolute atomic E-state index is 0.251. The maximum atomic E-state index is 12.2. The summed E-state index contributed by atoms with van der Waals surface area (Å²) in [7, 11) is 0. The first kappa shape index (κ1) is 16.1. The van der Waals surface area contributed by atoms with Crippen molar-refractivity contribution >= 4 is 39.0 Å². The van der Waals surface area contributed by atoms with Crippen molar-refractivity contribution in [2.75, 3.05) is 10.6 Å². The van der Waals surface area contributed by atoms with E-state index in [1.165, 1.54) is 12.4 Å². The van der Waals surface area contributed by atoms with Gasteiger partial charge in [-0.2, -0.15) is 0 Å². The van der Waals surface area contributed by atoms with Crippen LogP contribution in [0.2, 0.25) is 0 Å². The second kappa shape index (κ2) is 7.23. The van der Waals surface area contributed by atoms with Gasteiger partial charge >= 0.3 is 0 Å². The van der Waals surface area contributed by atoms with Crippen LogP contribution in [0, 0.1) is 6.92 Å².